The van der Waals surface area contributed by atoms with Crippen LogP contribution in [0, 0.1) is 5.82 Å². The summed E-state index contributed by atoms with van der Waals surface area (Å²) in [6, 6.07) is 16.7. The summed E-state index contributed by atoms with van der Waals surface area (Å²) in [5.41, 5.74) is -1.14. The highest BCUT2D eigenvalue weighted by Crippen LogP contribution is 2.34. The minimum Gasteiger partial charge on any atom is -0.324 e. The Kier molecular flexibility index (Phi) is 6.95. The Hall–Kier alpha value is -3.24. The molecule has 10 heteroatoms. The maximum absolute atomic E-state index is 13.2. The van der Waals surface area contributed by atoms with Gasteiger partial charge in [0.15, 0.2) is 0 Å². The third kappa shape index (κ3) is 5.71. The van der Waals surface area contributed by atoms with Gasteiger partial charge in [0, 0.05) is 6.54 Å². The largest absolute Gasteiger partial charge is 0.418 e. The van der Waals surface area contributed by atoms with Crippen molar-refractivity contribution in [1.29, 1.82) is 0 Å². The van der Waals surface area contributed by atoms with Gasteiger partial charge in [0.05, 0.1) is 22.7 Å². The van der Waals surface area contributed by atoms with E-state index in [2.05, 4.69) is 5.32 Å². The van der Waals surface area contributed by atoms with Gasteiger partial charge in [-0.15, -0.1) is 0 Å². The number of alkyl halides is 3. The lowest BCUT2D eigenvalue weighted by Crippen LogP contribution is -2.37. The lowest BCUT2D eigenvalue weighted by atomic mass is 10.1. The molecule has 1 N–H and O–H groups in total. The smallest absolute Gasteiger partial charge is 0.324 e. The molecule has 0 heterocycles. The molecule has 32 heavy (non-hydrogen) atoms. The Morgan fingerprint density at radius 1 is 0.875 bits per heavy atom. The third-order valence-electron chi connectivity index (χ3n) is 4.48. The molecule has 0 spiro atoms. The molecule has 5 nitrogen and oxygen atoms in total. The number of carbonyl (C=O) groups excluding carboxylic acids is 1. The molecule has 0 bridgehead atoms. The summed E-state index contributed by atoms with van der Waals surface area (Å²) in [5, 5.41) is 2.14. The van der Waals surface area contributed by atoms with Crippen molar-refractivity contribution >= 4 is 21.6 Å². The van der Waals surface area contributed by atoms with Crippen LogP contribution in [0.25, 0.3) is 0 Å². The van der Waals surface area contributed by atoms with Crippen LogP contribution >= 0.6 is 0 Å². The minimum atomic E-state index is -4.70. The molecule has 0 unspecified atom stereocenters. The first kappa shape index (κ1) is 23.4. The fraction of sp³-hybridized carbons (Fsp3) is 0.136. The van der Waals surface area contributed by atoms with Crippen molar-refractivity contribution in [2.24, 2.45) is 0 Å². The number of anilines is 1. The first-order chi connectivity index (χ1) is 15.1. The van der Waals surface area contributed by atoms with Crippen LogP contribution in [0.3, 0.4) is 0 Å². The van der Waals surface area contributed by atoms with Crippen molar-refractivity contribution in [3.8, 4) is 0 Å². The molecule has 0 aliphatic heterocycles. The van der Waals surface area contributed by atoms with E-state index in [0.29, 0.717) is 5.56 Å². The first-order valence-electron chi connectivity index (χ1n) is 9.33. The topological polar surface area (TPSA) is 66.5 Å². The maximum atomic E-state index is 13.2. The van der Waals surface area contributed by atoms with Gasteiger partial charge in [0.1, 0.15) is 5.82 Å². The number of nitrogens with zero attached hydrogens (tertiary/aromatic N) is 1. The summed E-state index contributed by atoms with van der Waals surface area (Å²) in [6.45, 7) is -1.04. The van der Waals surface area contributed by atoms with E-state index in [-0.39, 0.29) is 11.4 Å². The van der Waals surface area contributed by atoms with E-state index in [1.54, 1.807) is 6.07 Å². The number of hydrogen-bond donors (Lipinski definition) is 1. The fourth-order valence-corrected chi connectivity index (χ4v) is 4.36. The highest BCUT2D eigenvalue weighted by atomic mass is 32.2. The van der Waals surface area contributed by atoms with Gasteiger partial charge in [0.2, 0.25) is 15.9 Å². The van der Waals surface area contributed by atoms with Crippen LogP contribution in [0.2, 0.25) is 0 Å². The molecule has 1 amide bonds. The SMILES string of the molecule is O=C(CN(Cc1ccc(F)cc1)S(=O)(=O)c1ccccc1)Nc1ccccc1C(F)(F)F. The van der Waals surface area contributed by atoms with E-state index >= 15 is 0 Å². The molecule has 0 radical (unpaired) electrons. The molecule has 0 saturated carbocycles. The predicted molar refractivity (Wildman–Crippen MR) is 111 cm³/mol. The van der Waals surface area contributed by atoms with E-state index in [9.17, 15) is 30.8 Å². The van der Waals surface area contributed by atoms with E-state index in [4.69, 9.17) is 0 Å². The number of carbonyl (C=O) groups is 1. The molecule has 168 valence electrons. The summed E-state index contributed by atoms with van der Waals surface area (Å²) in [5.74, 6) is -1.48. The molecule has 0 saturated heterocycles. The van der Waals surface area contributed by atoms with Crippen molar-refractivity contribution in [2.75, 3.05) is 11.9 Å². The monoisotopic (exact) mass is 466 g/mol. The number of benzene rings is 3. The number of halogens is 4. The van der Waals surface area contributed by atoms with Gasteiger partial charge in [-0.05, 0) is 42.0 Å². The summed E-state index contributed by atoms with van der Waals surface area (Å²) in [4.78, 5) is 12.5. The van der Waals surface area contributed by atoms with Crippen LogP contribution in [0.4, 0.5) is 23.2 Å². The van der Waals surface area contributed by atoms with Crippen molar-refractivity contribution in [3.05, 3.63) is 95.8 Å². The van der Waals surface area contributed by atoms with Gasteiger partial charge in [-0.3, -0.25) is 4.79 Å². The zero-order valence-corrected chi connectivity index (χ0v) is 17.3. The average Bonchev–Trinajstić information content (AvgIpc) is 2.75. The summed E-state index contributed by atoms with van der Waals surface area (Å²) >= 11 is 0. The Morgan fingerprint density at radius 2 is 1.47 bits per heavy atom. The van der Waals surface area contributed by atoms with Gasteiger partial charge < -0.3 is 5.32 Å². The maximum Gasteiger partial charge on any atom is 0.418 e. The van der Waals surface area contributed by atoms with Crippen molar-refractivity contribution in [1.82, 2.24) is 4.31 Å². The highest BCUT2D eigenvalue weighted by Gasteiger charge is 2.34. The number of amides is 1. The van der Waals surface area contributed by atoms with Crippen LogP contribution in [-0.4, -0.2) is 25.2 Å². The molecule has 0 aromatic heterocycles. The Balaban J connectivity index is 1.89. The van der Waals surface area contributed by atoms with Gasteiger partial charge >= 0.3 is 6.18 Å². The zero-order valence-electron chi connectivity index (χ0n) is 16.5. The fourth-order valence-electron chi connectivity index (χ4n) is 2.95. The first-order valence-corrected chi connectivity index (χ1v) is 10.8. The summed E-state index contributed by atoms with van der Waals surface area (Å²) < 4.78 is 79.9. The normalized spacial score (nSPS) is 12.0. The molecule has 3 aromatic rings. The summed E-state index contributed by atoms with van der Waals surface area (Å²) in [6.07, 6.45) is -4.70. The number of rotatable bonds is 7. The van der Waals surface area contributed by atoms with Gasteiger partial charge in [-0.25, -0.2) is 12.8 Å². The predicted octanol–water partition coefficient (Wildman–Crippen LogP) is 4.67. The molecule has 0 atom stereocenters. The third-order valence-corrected chi connectivity index (χ3v) is 6.29. The lowest BCUT2D eigenvalue weighted by Gasteiger charge is -2.22. The number of nitrogens with one attached hydrogen (secondary N) is 1. The highest BCUT2D eigenvalue weighted by molar-refractivity contribution is 7.89. The van der Waals surface area contributed by atoms with E-state index < -0.39 is 45.7 Å². The molecule has 0 aliphatic rings. The molecule has 0 aliphatic carbocycles. The van der Waals surface area contributed by atoms with Gasteiger partial charge in [-0.2, -0.15) is 17.5 Å². The number of para-hydroxylation sites is 1. The summed E-state index contributed by atoms with van der Waals surface area (Å²) in [7, 11) is -4.18. The Morgan fingerprint density at radius 3 is 2.09 bits per heavy atom. The van der Waals surface area contributed by atoms with Gasteiger partial charge in [-0.1, -0.05) is 42.5 Å². The van der Waals surface area contributed by atoms with Crippen molar-refractivity contribution in [3.63, 3.8) is 0 Å². The second-order valence-electron chi connectivity index (χ2n) is 6.80. The van der Waals surface area contributed by atoms with Crippen LogP contribution < -0.4 is 5.32 Å². The second-order valence-corrected chi connectivity index (χ2v) is 8.74. The van der Waals surface area contributed by atoms with Crippen LogP contribution in [0.15, 0.2) is 83.8 Å². The zero-order chi connectivity index (χ0) is 23.4. The lowest BCUT2D eigenvalue weighted by molar-refractivity contribution is -0.137. The van der Waals surface area contributed by atoms with E-state index in [1.807, 2.05) is 0 Å². The van der Waals surface area contributed by atoms with Gasteiger partial charge in [0.25, 0.3) is 0 Å². The molecule has 3 rings (SSSR count). The van der Waals surface area contributed by atoms with Crippen molar-refractivity contribution < 1.29 is 30.8 Å². The van der Waals surface area contributed by atoms with Crippen molar-refractivity contribution in [2.45, 2.75) is 17.6 Å². The quantitative estimate of drug-likeness (QED) is 0.515. The van der Waals surface area contributed by atoms with Crippen LogP contribution in [0.5, 0.6) is 0 Å². The van der Waals surface area contributed by atoms with Crippen LogP contribution in [0.1, 0.15) is 11.1 Å². The standard InChI is InChI=1S/C22H18F4N2O3S/c23-17-12-10-16(11-13-17)14-28(32(30,31)18-6-2-1-3-7-18)15-21(29)27-20-9-5-4-8-19(20)22(24,25)26/h1-13H,14-15H2,(H,27,29). The van der Waals surface area contributed by atoms with Crippen LogP contribution in [-0.2, 0) is 27.5 Å². The average molecular weight is 466 g/mol. The molecular formula is C22H18F4N2O3S. The second kappa shape index (κ2) is 9.49. The van der Waals surface area contributed by atoms with E-state index in [0.717, 1.165) is 28.6 Å². The Bertz CT molecular complexity index is 1180. The van der Waals surface area contributed by atoms with E-state index in [1.165, 1.54) is 48.5 Å². The molecule has 0 fully saturated rings. The molecule has 3 aromatic carbocycles. The Labute approximate surface area is 182 Å². The number of sulfonamides is 1. The number of hydrogen-bond acceptors (Lipinski definition) is 3. The minimum absolute atomic E-state index is 0.0920. The molecular weight excluding hydrogens is 448 g/mol.